The van der Waals surface area contributed by atoms with Crippen LogP contribution in [0, 0.1) is 6.92 Å². The lowest BCUT2D eigenvalue weighted by Gasteiger charge is -2.40. The van der Waals surface area contributed by atoms with Gasteiger partial charge in [-0.05, 0) is 61.0 Å². The molecule has 0 bridgehead atoms. The number of hydrogen-bond donors (Lipinski definition) is 0. The molecule has 0 amide bonds. The lowest BCUT2D eigenvalue weighted by molar-refractivity contribution is -0.147. The molecule has 0 saturated carbocycles. The van der Waals surface area contributed by atoms with Crippen LogP contribution in [0.2, 0.25) is 0 Å². The number of ether oxygens (including phenoxy) is 2. The third-order valence-corrected chi connectivity index (χ3v) is 8.70. The Labute approximate surface area is 267 Å². The number of esters is 1. The van der Waals surface area contributed by atoms with Crippen LogP contribution in [0.15, 0.2) is 78.9 Å². The summed E-state index contributed by atoms with van der Waals surface area (Å²) in [6.45, 7) is 4.47. The van der Waals surface area contributed by atoms with E-state index in [1.54, 1.807) is 24.3 Å². The largest absolute Gasteiger partial charge is 0.755 e. The van der Waals surface area contributed by atoms with E-state index in [9.17, 15) is 26.7 Å². The van der Waals surface area contributed by atoms with Crippen molar-refractivity contribution in [3.05, 3.63) is 101 Å². The molecule has 0 N–H and O–H groups in total. The molecule has 2 heterocycles. The van der Waals surface area contributed by atoms with E-state index in [4.69, 9.17) is 9.47 Å². The van der Waals surface area contributed by atoms with E-state index in [0.29, 0.717) is 50.8 Å². The first-order chi connectivity index (χ1) is 22.0. The van der Waals surface area contributed by atoms with Gasteiger partial charge in [0.1, 0.15) is 18.4 Å². The van der Waals surface area contributed by atoms with Gasteiger partial charge in [-0.3, -0.25) is 23.8 Å². The summed E-state index contributed by atoms with van der Waals surface area (Å²) in [4.78, 5) is 21.4. The number of anilines is 1. The summed E-state index contributed by atoms with van der Waals surface area (Å²) in [5, 5.41) is 0.993. The number of pyridine rings is 1. The Bertz CT molecular complexity index is 1660. The van der Waals surface area contributed by atoms with Crippen LogP contribution in [-0.4, -0.2) is 75.4 Å². The van der Waals surface area contributed by atoms with Crippen LogP contribution in [0.4, 0.5) is 18.9 Å². The third kappa shape index (κ3) is 8.21. The van der Waals surface area contributed by atoms with Gasteiger partial charge in [-0.15, -0.1) is 0 Å². The van der Waals surface area contributed by atoms with Gasteiger partial charge in [-0.25, -0.2) is 0 Å². The number of rotatable bonds is 11. The van der Waals surface area contributed by atoms with Crippen LogP contribution in [-0.2, 0) is 40.1 Å². The Kier molecular flexibility index (Phi) is 10.6. The SMILES string of the molecule is COC(=O)C(CN(c1ccc(OCc2cc(C)nc3ccccc23)cc1)S(=O)[O-])N1CCN(Cc2ccc(C(F)(F)F)cc2)CC1. The molecule has 244 valence electrons. The standard InChI is InChI=1S/C33H35F3N4O5S/c1-23-19-25(29-5-3-4-6-30(29)37-23)22-45-28-13-11-27(12-14-28)40(46(42)43)21-31(32(41)44-2)39-17-15-38(16-18-39)20-24-7-9-26(10-8-24)33(34,35)36/h3-14,19,31H,15-18,20-22H2,1-2H3,(H,42,43)/p-1. The Morgan fingerprint density at radius 2 is 1.70 bits per heavy atom. The summed E-state index contributed by atoms with van der Waals surface area (Å²) in [5.41, 5.74) is 3.15. The number of fused-ring (bicyclic) bond motifs is 1. The van der Waals surface area contributed by atoms with Crippen molar-refractivity contribution in [1.82, 2.24) is 14.8 Å². The van der Waals surface area contributed by atoms with Crippen molar-refractivity contribution < 1.29 is 36.2 Å². The van der Waals surface area contributed by atoms with Gasteiger partial charge in [0.05, 0.1) is 24.7 Å². The highest BCUT2D eigenvalue weighted by atomic mass is 32.2. The van der Waals surface area contributed by atoms with Gasteiger partial charge in [-0.1, -0.05) is 30.3 Å². The molecule has 13 heteroatoms. The molecule has 1 fully saturated rings. The second kappa shape index (κ2) is 14.6. The number of aromatic nitrogens is 1. The Morgan fingerprint density at radius 3 is 2.33 bits per heavy atom. The number of para-hydroxylation sites is 1. The van der Waals surface area contributed by atoms with Gasteiger partial charge >= 0.3 is 12.1 Å². The van der Waals surface area contributed by atoms with Crippen molar-refractivity contribution in [2.45, 2.75) is 32.3 Å². The topological polar surface area (TPSA) is 98.3 Å². The van der Waals surface area contributed by atoms with Crippen molar-refractivity contribution in [2.75, 3.05) is 44.1 Å². The lowest BCUT2D eigenvalue weighted by atomic mass is 10.1. The maximum atomic E-state index is 12.9. The van der Waals surface area contributed by atoms with Gasteiger partial charge in [0.15, 0.2) is 0 Å². The first-order valence-electron chi connectivity index (χ1n) is 14.7. The van der Waals surface area contributed by atoms with E-state index in [1.165, 1.54) is 19.2 Å². The molecular formula is C33H34F3N4O5S-. The third-order valence-electron chi connectivity index (χ3n) is 7.98. The number of carbonyl (C=O) groups is 1. The number of piperazine rings is 1. The van der Waals surface area contributed by atoms with Gasteiger partial charge in [0, 0.05) is 66.3 Å². The van der Waals surface area contributed by atoms with Gasteiger partial charge < -0.3 is 18.3 Å². The summed E-state index contributed by atoms with van der Waals surface area (Å²) in [5.74, 6) is -0.0147. The molecule has 0 spiro atoms. The first kappa shape index (κ1) is 33.3. The highest BCUT2D eigenvalue weighted by Gasteiger charge is 2.33. The minimum absolute atomic E-state index is 0.163. The van der Waals surface area contributed by atoms with E-state index >= 15 is 0 Å². The zero-order chi connectivity index (χ0) is 32.8. The molecule has 5 rings (SSSR count). The van der Waals surface area contributed by atoms with E-state index in [0.717, 1.165) is 44.2 Å². The van der Waals surface area contributed by atoms with Crippen LogP contribution in [0.1, 0.15) is 22.4 Å². The van der Waals surface area contributed by atoms with Gasteiger partial charge in [0.2, 0.25) is 0 Å². The molecule has 0 aliphatic carbocycles. The van der Waals surface area contributed by atoms with Crippen molar-refractivity contribution >= 4 is 33.8 Å². The number of benzene rings is 3. The molecule has 1 saturated heterocycles. The minimum atomic E-state index is -4.39. The second-order valence-corrected chi connectivity index (χ2v) is 11.9. The molecule has 2 atom stereocenters. The second-order valence-electron chi connectivity index (χ2n) is 11.0. The molecule has 4 aromatic rings. The van der Waals surface area contributed by atoms with E-state index in [2.05, 4.69) is 9.88 Å². The average Bonchev–Trinajstić information content (AvgIpc) is 3.04. The van der Waals surface area contributed by atoms with Crippen molar-refractivity contribution in [3.63, 3.8) is 0 Å². The maximum absolute atomic E-state index is 12.9. The normalized spacial score (nSPS) is 15.8. The Morgan fingerprint density at radius 1 is 1.02 bits per heavy atom. The van der Waals surface area contributed by atoms with E-state index in [-0.39, 0.29) is 6.54 Å². The van der Waals surface area contributed by atoms with Crippen LogP contribution >= 0.6 is 0 Å². The predicted octanol–water partition coefficient (Wildman–Crippen LogP) is 5.10. The zero-order valence-corrected chi connectivity index (χ0v) is 26.2. The smallest absolute Gasteiger partial charge is 0.416 e. The van der Waals surface area contributed by atoms with E-state index in [1.807, 2.05) is 42.2 Å². The Balaban J connectivity index is 1.21. The summed E-state index contributed by atoms with van der Waals surface area (Å²) >= 11 is -2.69. The quantitative estimate of drug-likeness (QED) is 0.163. The molecule has 3 aromatic carbocycles. The zero-order valence-electron chi connectivity index (χ0n) is 25.4. The van der Waals surface area contributed by atoms with Crippen molar-refractivity contribution in [1.29, 1.82) is 0 Å². The molecule has 46 heavy (non-hydrogen) atoms. The van der Waals surface area contributed by atoms with Gasteiger partial charge in [0.25, 0.3) is 0 Å². The Hall–Kier alpha value is -4.04. The summed E-state index contributed by atoms with van der Waals surface area (Å²) in [6.07, 6.45) is -4.39. The molecule has 2 unspecified atom stereocenters. The predicted molar refractivity (Wildman–Crippen MR) is 168 cm³/mol. The fourth-order valence-electron chi connectivity index (χ4n) is 5.56. The number of aryl methyl sites for hydroxylation is 1. The fourth-order valence-corrected chi connectivity index (χ4v) is 6.12. The number of halogens is 3. The number of carbonyl (C=O) groups excluding carboxylic acids is 1. The average molecular weight is 656 g/mol. The van der Waals surface area contributed by atoms with Crippen LogP contribution < -0.4 is 9.04 Å². The van der Waals surface area contributed by atoms with E-state index < -0.39 is 35.0 Å². The first-order valence-corrected chi connectivity index (χ1v) is 15.7. The van der Waals surface area contributed by atoms with Crippen LogP contribution in [0.3, 0.4) is 0 Å². The van der Waals surface area contributed by atoms with Crippen LogP contribution in [0.25, 0.3) is 10.9 Å². The van der Waals surface area contributed by atoms with Crippen molar-refractivity contribution in [2.24, 2.45) is 0 Å². The lowest BCUT2D eigenvalue weighted by Crippen LogP contribution is -2.56. The van der Waals surface area contributed by atoms with Gasteiger partial charge in [-0.2, -0.15) is 13.2 Å². The minimum Gasteiger partial charge on any atom is -0.755 e. The molecule has 0 radical (unpaired) electrons. The monoisotopic (exact) mass is 655 g/mol. The number of methoxy groups -OCH3 is 1. The molecular weight excluding hydrogens is 621 g/mol. The molecule has 1 aromatic heterocycles. The highest BCUT2D eigenvalue weighted by Crippen LogP contribution is 2.29. The number of hydrogen-bond acceptors (Lipinski definition) is 8. The highest BCUT2D eigenvalue weighted by molar-refractivity contribution is 7.80. The molecule has 1 aliphatic heterocycles. The maximum Gasteiger partial charge on any atom is 0.416 e. The summed E-state index contributed by atoms with van der Waals surface area (Å²) < 4.78 is 75.6. The number of nitrogens with zero attached hydrogens (tertiary/aromatic N) is 4. The molecule has 1 aliphatic rings. The summed E-state index contributed by atoms with van der Waals surface area (Å²) in [6, 6.07) is 20.6. The van der Waals surface area contributed by atoms with Crippen LogP contribution in [0.5, 0.6) is 5.75 Å². The fraction of sp³-hybridized carbons (Fsp3) is 0.333. The summed E-state index contributed by atoms with van der Waals surface area (Å²) in [7, 11) is 1.26. The number of alkyl halides is 3. The van der Waals surface area contributed by atoms with Crippen molar-refractivity contribution in [3.8, 4) is 5.75 Å². The molecule has 9 nitrogen and oxygen atoms in total.